The van der Waals surface area contributed by atoms with Crippen LogP contribution in [-0.2, 0) is 7.05 Å². The molecule has 3 heterocycles. The van der Waals surface area contributed by atoms with Crippen LogP contribution in [0.4, 0.5) is 10.2 Å². The van der Waals surface area contributed by atoms with E-state index in [1.165, 1.54) is 0 Å². The molecule has 7 heteroatoms. The predicted octanol–water partition coefficient (Wildman–Crippen LogP) is 3.15. The van der Waals surface area contributed by atoms with Crippen molar-refractivity contribution in [1.82, 2.24) is 24.6 Å². The van der Waals surface area contributed by atoms with E-state index in [0.717, 1.165) is 66.1 Å². The van der Waals surface area contributed by atoms with E-state index in [9.17, 15) is 4.39 Å². The van der Waals surface area contributed by atoms with E-state index in [4.69, 9.17) is 0 Å². The Hall–Kier alpha value is -2.77. The van der Waals surface area contributed by atoms with Crippen molar-refractivity contribution in [3.05, 3.63) is 55.1 Å². The fourth-order valence-corrected chi connectivity index (χ4v) is 3.74. The van der Waals surface area contributed by atoms with E-state index in [-0.39, 0.29) is 6.67 Å². The second kappa shape index (κ2) is 8.71. The number of fused-ring (bicyclic) bond motifs is 1. The average Bonchev–Trinajstić information content (AvgIpc) is 3.15. The molecule has 0 radical (unpaired) electrons. The van der Waals surface area contributed by atoms with Crippen molar-refractivity contribution >= 4 is 16.6 Å². The van der Waals surface area contributed by atoms with Crippen LogP contribution in [0.5, 0.6) is 0 Å². The first-order chi connectivity index (χ1) is 14.1. The zero-order chi connectivity index (χ0) is 20.2. The second-order valence-electron chi connectivity index (χ2n) is 7.57. The molecule has 0 atom stereocenters. The Balaban J connectivity index is 1.40. The highest BCUT2D eigenvalue weighted by Crippen LogP contribution is 2.25. The van der Waals surface area contributed by atoms with E-state index in [1.54, 1.807) is 4.68 Å². The number of hydrogen-bond acceptors (Lipinski definition) is 5. The first-order valence-electron chi connectivity index (χ1n) is 9.95. The SMILES string of the molecule is C=C(CN1CCN(CCF)CC1)Nc1cc2cc(-c3cnn(C)c3)ccc2cn1. The van der Waals surface area contributed by atoms with Gasteiger partial charge in [-0.15, -0.1) is 0 Å². The number of aromatic nitrogens is 3. The zero-order valence-corrected chi connectivity index (χ0v) is 16.8. The molecule has 1 saturated heterocycles. The lowest BCUT2D eigenvalue weighted by atomic mass is 10.1. The molecule has 2 aromatic heterocycles. The number of halogens is 1. The molecule has 0 bridgehead atoms. The molecule has 0 amide bonds. The number of benzene rings is 1. The van der Waals surface area contributed by atoms with E-state index in [1.807, 2.05) is 25.6 Å². The minimum absolute atomic E-state index is 0.273. The minimum atomic E-state index is -0.273. The number of nitrogens with one attached hydrogen (secondary N) is 1. The van der Waals surface area contributed by atoms with Crippen LogP contribution >= 0.6 is 0 Å². The number of pyridine rings is 1. The molecule has 0 aliphatic carbocycles. The predicted molar refractivity (Wildman–Crippen MR) is 116 cm³/mol. The molecule has 1 aliphatic rings. The van der Waals surface area contributed by atoms with Gasteiger partial charge in [-0.3, -0.25) is 14.5 Å². The highest BCUT2D eigenvalue weighted by Gasteiger charge is 2.17. The second-order valence-corrected chi connectivity index (χ2v) is 7.57. The number of nitrogens with zero attached hydrogens (tertiary/aromatic N) is 5. The first-order valence-corrected chi connectivity index (χ1v) is 9.95. The van der Waals surface area contributed by atoms with Crippen molar-refractivity contribution in [2.75, 3.05) is 51.3 Å². The normalized spacial score (nSPS) is 15.7. The molecular formula is C22H27FN6. The third kappa shape index (κ3) is 4.81. The van der Waals surface area contributed by atoms with Gasteiger partial charge in [-0.05, 0) is 23.1 Å². The van der Waals surface area contributed by atoms with E-state index < -0.39 is 0 Å². The monoisotopic (exact) mass is 394 g/mol. The number of hydrogen-bond donors (Lipinski definition) is 1. The molecule has 1 aliphatic heterocycles. The van der Waals surface area contributed by atoms with Gasteiger partial charge in [0, 0.05) is 75.4 Å². The molecule has 29 heavy (non-hydrogen) atoms. The summed E-state index contributed by atoms with van der Waals surface area (Å²) in [5.74, 6) is 0.793. The molecule has 3 aromatic rings. The fourth-order valence-electron chi connectivity index (χ4n) is 3.74. The summed E-state index contributed by atoms with van der Waals surface area (Å²) in [5, 5.41) is 9.82. The van der Waals surface area contributed by atoms with Crippen LogP contribution in [0.25, 0.3) is 21.9 Å². The van der Waals surface area contributed by atoms with Crippen LogP contribution in [0.15, 0.2) is 55.1 Å². The Morgan fingerprint density at radius 2 is 1.86 bits per heavy atom. The van der Waals surface area contributed by atoms with Crippen LogP contribution < -0.4 is 5.32 Å². The summed E-state index contributed by atoms with van der Waals surface area (Å²) in [4.78, 5) is 9.03. The standard InChI is InChI=1S/C22H27FN6/c1-17(15-29-9-7-28(6-5-23)8-10-29)26-22-12-20-11-18(3-4-19(20)13-24-22)21-14-25-27(2)16-21/h3-4,11-14,16H,1,5-10,15H2,2H3,(H,24,26). The summed E-state index contributed by atoms with van der Waals surface area (Å²) in [7, 11) is 1.92. The third-order valence-corrected chi connectivity index (χ3v) is 5.34. The van der Waals surface area contributed by atoms with Crippen molar-refractivity contribution in [1.29, 1.82) is 0 Å². The maximum Gasteiger partial charge on any atom is 0.130 e. The molecule has 0 unspecified atom stereocenters. The molecule has 0 saturated carbocycles. The van der Waals surface area contributed by atoms with Gasteiger partial charge in [-0.2, -0.15) is 5.10 Å². The van der Waals surface area contributed by atoms with Gasteiger partial charge < -0.3 is 5.32 Å². The Labute approximate surface area is 170 Å². The van der Waals surface area contributed by atoms with Crippen molar-refractivity contribution in [2.24, 2.45) is 7.05 Å². The Bertz CT molecular complexity index is 990. The van der Waals surface area contributed by atoms with Crippen LogP contribution in [0.3, 0.4) is 0 Å². The molecule has 0 spiro atoms. The molecule has 6 nitrogen and oxygen atoms in total. The van der Waals surface area contributed by atoms with Gasteiger partial charge in [0.05, 0.1) is 6.20 Å². The lowest BCUT2D eigenvalue weighted by Gasteiger charge is -2.34. The van der Waals surface area contributed by atoms with Gasteiger partial charge in [-0.25, -0.2) is 9.37 Å². The molecular weight excluding hydrogens is 367 g/mol. The topological polar surface area (TPSA) is 49.2 Å². The molecule has 1 fully saturated rings. The Morgan fingerprint density at radius 1 is 1.07 bits per heavy atom. The number of aryl methyl sites for hydroxylation is 1. The maximum absolute atomic E-state index is 12.5. The quantitative estimate of drug-likeness (QED) is 0.667. The van der Waals surface area contributed by atoms with Crippen molar-refractivity contribution < 1.29 is 4.39 Å². The van der Waals surface area contributed by atoms with Crippen molar-refractivity contribution in [3.8, 4) is 11.1 Å². The lowest BCUT2D eigenvalue weighted by Crippen LogP contribution is -2.47. The maximum atomic E-state index is 12.5. The summed E-state index contributed by atoms with van der Waals surface area (Å²) in [5.41, 5.74) is 3.14. The van der Waals surface area contributed by atoms with Crippen molar-refractivity contribution in [3.63, 3.8) is 0 Å². The lowest BCUT2D eigenvalue weighted by molar-refractivity contribution is 0.134. The number of rotatable bonds is 7. The summed E-state index contributed by atoms with van der Waals surface area (Å²) in [6.07, 6.45) is 5.76. The van der Waals surface area contributed by atoms with Crippen LogP contribution in [0.1, 0.15) is 0 Å². The van der Waals surface area contributed by atoms with Crippen molar-refractivity contribution in [2.45, 2.75) is 0 Å². The number of anilines is 1. The zero-order valence-electron chi connectivity index (χ0n) is 16.8. The summed E-state index contributed by atoms with van der Waals surface area (Å²) in [6, 6.07) is 8.39. The Morgan fingerprint density at radius 3 is 2.59 bits per heavy atom. The first kappa shape index (κ1) is 19.5. The summed E-state index contributed by atoms with van der Waals surface area (Å²) >= 11 is 0. The van der Waals surface area contributed by atoms with Crippen LogP contribution in [0, 0.1) is 0 Å². The largest absolute Gasteiger partial charge is 0.343 e. The van der Waals surface area contributed by atoms with E-state index >= 15 is 0 Å². The molecule has 1 N–H and O–H groups in total. The Kier molecular flexibility index (Phi) is 5.87. The minimum Gasteiger partial charge on any atom is -0.343 e. The highest BCUT2D eigenvalue weighted by atomic mass is 19.1. The highest BCUT2D eigenvalue weighted by molar-refractivity contribution is 5.88. The fraction of sp³-hybridized carbons (Fsp3) is 0.364. The molecule has 152 valence electrons. The summed E-state index contributed by atoms with van der Waals surface area (Å²) in [6.45, 7) is 8.87. The third-order valence-electron chi connectivity index (χ3n) is 5.34. The van der Waals surface area contributed by atoms with Gasteiger partial charge in [-0.1, -0.05) is 18.7 Å². The van der Waals surface area contributed by atoms with E-state index in [0.29, 0.717) is 6.54 Å². The van der Waals surface area contributed by atoms with Gasteiger partial charge in [0.15, 0.2) is 0 Å². The smallest absolute Gasteiger partial charge is 0.130 e. The van der Waals surface area contributed by atoms with E-state index in [2.05, 4.69) is 56.0 Å². The van der Waals surface area contributed by atoms with Gasteiger partial charge in [0.2, 0.25) is 0 Å². The molecule has 4 rings (SSSR count). The average molecular weight is 394 g/mol. The van der Waals surface area contributed by atoms with Gasteiger partial charge >= 0.3 is 0 Å². The number of alkyl halides is 1. The van der Waals surface area contributed by atoms with Crippen LogP contribution in [-0.4, -0.2) is 70.5 Å². The van der Waals surface area contributed by atoms with Crippen LogP contribution in [0.2, 0.25) is 0 Å². The van der Waals surface area contributed by atoms with Gasteiger partial charge in [0.25, 0.3) is 0 Å². The summed E-state index contributed by atoms with van der Waals surface area (Å²) < 4.78 is 14.3. The van der Waals surface area contributed by atoms with Gasteiger partial charge in [0.1, 0.15) is 12.5 Å². The number of piperazine rings is 1. The molecule has 1 aromatic carbocycles.